The summed E-state index contributed by atoms with van der Waals surface area (Å²) in [5, 5.41) is 0. The molecule has 0 saturated carbocycles. The Morgan fingerprint density at radius 3 is 2.17 bits per heavy atom. The van der Waals surface area contributed by atoms with Gasteiger partial charge in [0.2, 0.25) is 0 Å². The maximum absolute atomic E-state index is 3.62. The van der Waals surface area contributed by atoms with Gasteiger partial charge in [0.05, 0.1) is 0 Å². The fourth-order valence-corrected chi connectivity index (χ4v) is 0.963. The molecule has 0 aromatic heterocycles. The lowest BCUT2D eigenvalue weighted by atomic mass is 9.91. The highest BCUT2D eigenvalue weighted by atomic mass is 14.1. The summed E-state index contributed by atoms with van der Waals surface area (Å²) in [6, 6.07) is 0. The molecule has 0 aliphatic carbocycles. The molecule has 1 atom stereocenters. The fourth-order valence-electron chi connectivity index (χ4n) is 0.963. The van der Waals surface area contributed by atoms with E-state index in [2.05, 4.69) is 40.3 Å². The Bertz CT molecular complexity index is 182. The average Bonchev–Trinajstić information content (AvgIpc) is 2.03. The molecule has 0 aromatic rings. The van der Waals surface area contributed by atoms with Crippen LogP contribution >= 0.6 is 0 Å². The van der Waals surface area contributed by atoms with Crippen molar-refractivity contribution in [3.8, 4) is 0 Å². The second kappa shape index (κ2) is 5.82. The molecule has 0 radical (unpaired) electrons. The smallest absolute Gasteiger partial charge is 0.0208 e. The molecule has 0 heteroatoms. The minimum atomic E-state index is 0.666. The van der Waals surface area contributed by atoms with E-state index in [1.54, 1.807) is 6.08 Å². The van der Waals surface area contributed by atoms with Gasteiger partial charge in [-0.15, -0.1) is 0 Å². The molecule has 0 heterocycles. The molecule has 0 N–H and O–H groups in total. The van der Waals surface area contributed by atoms with Gasteiger partial charge in [0.15, 0.2) is 0 Å². The van der Waals surface area contributed by atoms with E-state index in [0.29, 0.717) is 5.92 Å². The van der Waals surface area contributed by atoms with Gasteiger partial charge in [0.25, 0.3) is 0 Å². The quantitative estimate of drug-likeness (QED) is 0.551. The monoisotopic (exact) mass is 164 g/mol. The Hall–Kier alpha value is -0.780. The summed E-state index contributed by atoms with van der Waals surface area (Å²) in [6.07, 6.45) is 7.95. The molecule has 0 fully saturated rings. The molecule has 0 bridgehead atoms. The lowest BCUT2D eigenvalue weighted by Crippen LogP contribution is -2.04. The SMILES string of the molecule is C=C/C=C\C=C(/C)[C@H](C)C(C)C. The highest BCUT2D eigenvalue weighted by molar-refractivity contribution is 5.15. The highest BCUT2D eigenvalue weighted by Crippen LogP contribution is 2.18. The Labute approximate surface area is 76.7 Å². The third-order valence-electron chi connectivity index (χ3n) is 2.32. The first-order valence-corrected chi connectivity index (χ1v) is 4.55. The van der Waals surface area contributed by atoms with Crippen molar-refractivity contribution in [2.45, 2.75) is 27.7 Å². The van der Waals surface area contributed by atoms with Gasteiger partial charge in [-0.1, -0.05) is 57.2 Å². The van der Waals surface area contributed by atoms with Crippen LogP contribution in [0.4, 0.5) is 0 Å². The van der Waals surface area contributed by atoms with E-state index >= 15 is 0 Å². The predicted octanol–water partition coefficient (Wildman–Crippen LogP) is 3.97. The van der Waals surface area contributed by atoms with Gasteiger partial charge in [0, 0.05) is 0 Å². The van der Waals surface area contributed by atoms with Crippen molar-refractivity contribution >= 4 is 0 Å². The number of rotatable bonds is 4. The molecule has 0 amide bonds. The third kappa shape index (κ3) is 4.17. The molecular formula is C12H20. The van der Waals surface area contributed by atoms with Crippen molar-refractivity contribution in [3.05, 3.63) is 36.5 Å². The molecule has 12 heavy (non-hydrogen) atoms. The molecule has 0 saturated heterocycles. The molecule has 68 valence electrons. The summed E-state index contributed by atoms with van der Waals surface area (Å²) in [7, 11) is 0. The Morgan fingerprint density at radius 1 is 1.17 bits per heavy atom. The first kappa shape index (κ1) is 11.2. The van der Waals surface area contributed by atoms with Gasteiger partial charge in [-0.3, -0.25) is 0 Å². The average molecular weight is 164 g/mol. The Kier molecular flexibility index (Phi) is 5.44. The summed E-state index contributed by atoms with van der Waals surface area (Å²) in [5.41, 5.74) is 1.43. The summed E-state index contributed by atoms with van der Waals surface area (Å²) < 4.78 is 0. The lowest BCUT2D eigenvalue weighted by Gasteiger charge is -2.15. The van der Waals surface area contributed by atoms with Crippen LogP contribution in [-0.2, 0) is 0 Å². The van der Waals surface area contributed by atoms with Gasteiger partial charge >= 0.3 is 0 Å². The largest absolute Gasteiger partial charge is 0.0991 e. The fraction of sp³-hybridized carbons (Fsp3) is 0.500. The highest BCUT2D eigenvalue weighted by Gasteiger charge is 2.07. The van der Waals surface area contributed by atoms with Crippen LogP contribution in [0.3, 0.4) is 0 Å². The standard InChI is InChI=1S/C12H20/c1-6-7-8-9-11(4)12(5)10(2)3/h6-10,12H,1H2,2-5H3/b8-7-,11-9+/t12-/m1/s1. The Balaban J connectivity index is 4.16. The number of hydrogen-bond donors (Lipinski definition) is 0. The van der Waals surface area contributed by atoms with Crippen LogP contribution in [0.15, 0.2) is 36.5 Å². The Morgan fingerprint density at radius 2 is 1.75 bits per heavy atom. The zero-order chi connectivity index (χ0) is 9.56. The van der Waals surface area contributed by atoms with Crippen molar-refractivity contribution in [1.29, 1.82) is 0 Å². The second-order valence-electron chi connectivity index (χ2n) is 3.56. The van der Waals surface area contributed by atoms with E-state index in [4.69, 9.17) is 0 Å². The normalized spacial score (nSPS) is 15.6. The number of allylic oxidation sites excluding steroid dienone is 5. The molecule has 0 spiro atoms. The van der Waals surface area contributed by atoms with Crippen molar-refractivity contribution in [3.63, 3.8) is 0 Å². The van der Waals surface area contributed by atoms with Crippen LogP contribution < -0.4 is 0 Å². The summed E-state index contributed by atoms with van der Waals surface area (Å²) >= 11 is 0. The summed E-state index contributed by atoms with van der Waals surface area (Å²) in [4.78, 5) is 0. The maximum atomic E-state index is 3.62. The van der Waals surface area contributed by atoms with Gasteiger partial charge in [-0.05, 0) is 18.8 Å². The van der Waals surface area contributed by atoms with Crippen LogP contribution in [0, 0.1) is 11.8 Å². The van der Waals surface area contributed by atoms with Gasteiger partial charge in [0.1, 0.15) is 0 Å². The number of hydrogen-bond acceptors (Lipinski definition) is 0. The first-order chi connectivity index (χ1) is 5.59. The molecule has 0 aliphatic rings. The van der Waals surface area contributed by atoms with Crippen LogP contribution in [0.5, 0.6) is 0 Å². The topological polar surface area (TPSA) is 0 Å². The molecule has 0 unspecified atom stereocenters. The molecule has 0 aliphatic heterocycles. The molecular weight excluding hydrogens is 144 g/mol. The zero-order valence-corrected chi connectivity index (χ0v) is 8.67. The van der Waals surface area contributed by atoms with Crippen molar-refractivity contribution in [2.75, 3.05) is 0 Å². The van der Waals surface area contributed by atoms with E-state index in [-0.39, 0.29) is 0 Å². The van der Waals surface area contributed by atoms with Crippen LogP contribution in [0.25, 0.3) is 0 Å². The van der Waals surface area contributed by atoms with Crippen molar-refractivity contribution < 1.29 is 0 Å². The molecule has 0 aromatic carbocycles. The van der Waals surface area contributed by atoms with E-state index in [0.717, 1.165) is 5.92 Å². The van der Waals surface area contributed by atoms with Crippen molar-refractivity contribution in [2.24, 2.45) is 11.8 Å². The van der Waals surface area contributed by atoms with E-state index in [9.17, 15) is 0 Å². The molecule has 0 rings (SSSR count). The first-order valence-electron chi connectivity index (χ1n) is 4.55. The minimum absolute atomic E-state index is 0.666. The van der Waals surface area contributed by atoms with E-state index in [1.165, 1.54) is 5.57 Å². The minimum Gasteiger partial charge on any atom is -0.0991 e. The van der Waals surface area contributed by atoms with Crippen LogP contribution in [-0.4, -0.2) is 0 Å². The summed E-state index contributed by atoms with van der Waals surface area (Å²) in [5.74, 6) is 1.39. The van der Waals surface area contributed by atoms with E-state index < -0.39 is 0 Å². The zero-order valence-electron chi connectivity index (χ0n) is 8.67. The molecule has 0 nitrogen and oxygen atoms in total. The third-order valence-corrected chi connectivity index (χ3v) is 2.32. The van der Waals surface area contributed by atoms with Gasteiger partial charge in [-0.2, -0.15) is 0 Å². The van der Waals surface area contributed by atoms with Gasteiger partial charge < -0.3 is 0 Å². The summed E-state index contributed by atoms with van der Waals surface area (Å²) in [6.45, 7) is 12.6. The van der Waals surface area contributed by atoms with E-state index in [1.807, 2.05) is 12.2 Å². The van der Waals surface area contributed by atoms with Crippen LogP contribution in [0.2, 0.25) is 0 Å². The maximum Gasteiger partial charge on any atom is -0.0208 e. The van der Waals surface area contributed by atoms with Crippen LogP contribution in [0.1, 0.15) is 27.7 Å². The van der Waals surface area contributed by atoms with Gasteiger partial charge in [-0.25, -0.2) is 0 Å². The van der Waals surface area contributed by atoms with Crippen molar-refractivity contribution in [1.82, 2.24) is 0 Å². The lowest BCUT2D eigenvalue weighted by molar-refractivity contribution is 0.480. The predicted molar refractivity (Wildman–Crippen MR) is 57.1 cm³/mol. The second-order valence-corrected chi connectivity index (χ2v) is 3.56.